The van der Waals surface area contributed by atoms with Crippen molar-refractivity contribution in [3.63, 3.8) is 0 Å². The molecule has 3 heteroatoms. The van der Waals surface area contributed by atoms with Gasteiger partial charge < -0.3 is 15.3 Å². The summed E-state index contributed by atoms with van der Waals surface area (Å²) in [5.74, 6) is -0.655. The van der Waals surface area contributed by atoms with Crippen LogP contribution in [-0.4, -0.2) is 15.3 Å². The average molecular weight is 403 g/mol. The molecule has 29 heavy (non-hydrogen) atoms. The summed E-state index contributed by atoms with van der Waals surface area (Å²) in [5, 5.41) is 30.4. The van der Waals surface area contributed by atoms with Gasteiger partial charge in [-0.25, -0.2) is 0 Å². The normalized spacial score (nSPS) is 18.7. The number of aromatic hydroxyl groups is 3. The predicted molar refractivity (Wildman–Crippen MR) is 120 cm³/mol. The van der Waals surface area contributed by atoms with Crippen LogP contribution in [0, 0.1) is 10.8 Å². The Morgan fingerprint density at radius 2 is 1.38 bits per heavy atom. The standard InChI is InChI=1S/C26H42O3/c1-3-26(17-18-26)14-10-5-4-7-11-20-19-22(27)24(29)23(28)21(20)12-8-6-9-13-25(2)15-16-25/h19,27-29H,3-18H2,1-2H3. The second kappa shape index (κ2) is 9.62. The SMILES string of the molecule is CCC1(CCCCCCc2cc(O)c(O)c(O)c2CCCCCC2(C)CC2)CC1. The fourth-order valence-electron chi connectivity index (χ4n) is 4.86. The largest absolute Gasteiger partial charge is 0.504 e. The van der Waals surface area contributed by atoms with Crippen molar-refractivity contribution in [2.45, 2.75) is 117 Å². The van der Waals surface area contributed by atoms with Gasteiger partial charge in [-0.15, -0.1) is 0 Å². The first-order chi connectivity index (χ1) is 13.9. The lowest BCUT2D eigenvalue weighted by molar-refractivity contribution is 0.363. The first kappa shape index (κ1) is 22.3. The average Bonchev–Trinajstić information content (AvgIpc) is 3.63. The Bertz CT molecular complexity index is 671. The van der Waals surface area contributed by atoms with Gasteiger partial charge in [0, 0.05) is 5.56 Å². The molecule has 0 aromatic heterocycles. The van der Waals surface area contributed by atoms with Gasteiger partial charge in [-0.1, -0.05) is 52.4 Å². The number of phenolic OH excluding ortho intramolecular Hbond substituents is 3. The molecule has 164 valence electrons. The fraction of sp³-hybridized carbons (Fsp3) is 0.769. The van der Waals surface area contributed by atoms with E-state index in [0.717, 1.165) is 43.2 Å². The van der Waals surface area contributed by atoms with Gasteiger partial charge in [0.15, 0.2) is 11.5 Å². The molecule has 3 rings (SSSR count). The summed E-state index contributed by atoms with van der Waals surface area (Å²) in [6.45, 7) is 4.70. The molecule has 0 heterocycles. The van der Waals surface area contributed by atoms with E-state index in [9.17, 15) is 15.3 Å². The maximum atomic E-state index is 10.4. The van der Waals surface area contributed by atoms with Crippen LogP contribution in [0.1, 0.15) is 115 Å². The van der Waals surface area contributed by atoms with Gasteiger partial charge in [-0.2, -0.15) is 0 Å². The van der Waals surface area contributed by atoms with Crippen LogP contribution in [0.5, 0.6) is 17.2 Å². The van der Waals surface area contributed by atoms with E-state index in [1.165, 1.54) is 70.6 Å². The monoisotopic (exact) mass is 402 g/mol. The van der Waals surface area contributed by atoms with Gasteiger partial charge in [0.25, 0.3) is 0 Å². The van der Waals surface area contributed by atoms with Gasteiger partial charge in [-0.05, 0) is 86.7 Å². The number of benzene rings is 1. The Labute approximate surface area is 177 Å². The molecule has 2 saturated carbocycles. The maximum Gasteiger partial charge on any atom is 0.200 e. The van der Waals surface area contributed by atoms with E-state index >= 15 is 0 Å². The molecule has 0 aliphatic heterocycles. The third-order valence-corrected chi connectivity index (χ3v) is 7.87. The van der Waals surface area contributed by atoms with Gasteiger partial charge in [0.05, 0.1) is 0 Å². The molecule has 0 bridgehead atoms. The van der Waals surface area contributed by atoms with E-state index in [4.69, 9.17) is 0 Å². The minimum atomic E-state index is -0.358. The smallest absolute Gasteiger partial charge is 0.200 e. The molecule has 1 aromatic rings. The zero-order chi connectivity index (χ0) is 20.9. The number of unbranched alkanes of at least 4 members (excludes halogenated alkanes) is 5. The molecule has 2 fully saturated rings. The van der Waals surface area contributed by atoms with Crippen molar-refractivity contribution < 1.29 is 15.3 Å². The molecule has 0 unspecified atom stereocenters. The molecule has 0 radical (unpaired) electrons. The molecule has 0 saturated heterocycles. The zero-order valence-corrected chi connectivity index (χ0v) is 18.7. The molecule has 1 aromatic carbocycles. The van der Waals surface area contributed by atoms with Crippen molar-refractivity contribution in [2.75, 3.05) is 0 Å². The van der Waals surface area contributed by atoms with Crippen LogP contribution in [0.3, 0.4) is 0 Å². The lowest BCUT2D eigenvalue weighted by Crippen LogP contribution is -1.99. The highest BCUT2D eigenvalue weighted by atomic mass is 16.3. The van der Waals surface area contributed by atoms with Crippen LogP contribution in [0.4, 0.5) is 0 Å². The van der Waals surface area contributed by atoms with E-state index in [1.54, 1.807) is 6.07 Å². The summed E-state index contributed by atoms with van der Waals surface area (Å²) in [4.78, 5) is 0. The molecule has 3 N–H and O–H groups in total. The number of hydrogen-bond acceptors (Lipinski definition) is 3. The number of hydrogen-bond donors (Lipinski definition) is 3. The summed E-state index contributed by atoms with van der Waals surface area (Å²) < 4.78 is 0. The minimum absolute atomic E-state index is 0.104. The summed E-state index contributed by atoms with van der Waals surface area (Å²) in [6, 6.07) is 1.67. The molecular weight excluding hydrogens is 360 g/mol. The summed E-state index contributed by atoms with van der Waals surface area (Å²) >= 11 is 0. The maximum absolute atomic E-state index is 10.4. The van der Waals surface area contributed by atoms with E-state index in [2.05, 4.69) is 13.8 Å². The summed E-state index contributed by atoms with van der Waals surface area (Å²) in [7, 11) is 0. The van der Waals surface area contributed by atoms with Gasteiger partial charge >= 0.3 is 0 Å². The highest BCUT2D eigenvalue weighted by Gasteiger charge is 2.39. The van der Waals surface area contributed by atoms with Crippen molar-refractivity contribution in [1.82, 2.24) is 0 Å². The Balaban J connectivity index is 1.43. The second-order valence-electron chi connectivity index (χ2n) is 10.4. The fourth-order valence-corrected chi connectivity index (χ4v) is 4.86. The predicted octanol–water partition coefficient (Wildman–Crippen LogP) is 7.39. The Morgan fingerprint density at radius 3 is 2.03 bits per heavy atom. The molecule has 0 spiro atoms. The number of rotatable bonds is 14. The second-order valence-corrected chi connectivity index (χ2v) is 10.4. The summed E-state index contributed by atoms with van der Waals surface area (Å²) in [5.41, 5.74) is 3.17. The highest BCUT2D eigenvalue weighted by molar-refractivity contribution is 5.57. The van der Waals surface area contributed by atoms with Crippen molar-refractivity contribution in [3.05, 3.63) is 17.2 Å². The third kappa shape index (κ3) is 6.30. The zero-order valence-electron chi connectivity index (χ0n) is 18.7. The van der Waals surface area contributed by atoms with Crippen LogP contribution >= 0.6 is 0 Å². The third-order valence-electron chi connectivity index (χ3n) is 7.87. The number of aryl methyl sites for hydroxylation is 1. The highest BCUT2D eigenvalue weighted by Crippen LogP contribution is 2.52. The van der Waals surface area contributed by atoms with Gasteiger partial charge in [0.1, 0.15) is 0 Å². The Hall–Kier alpha value is -1.38. The van der Waals surface area contributed by atoms with Crippen LogP contribution < -0.4 is 0 Å². The van der Waals surface area contributed by atoms with E-state index < -0.39 is 0 Å². The molecule has 0 atom stereocenters. The quantitative estimate of drug-likeness (QED) is 0.224. The van der Waals surface area contributed by atoms with E-state index in [1.807, 2.05) is 0 Å². The van der Waals surface area contributed by atoms with Gasteiger partial charge in [-0.3, -0.25) is 0 Å². The van der Waals surface area contributed by atoms with Gasteiger partial charge in [0.2, 0.25) is 5.75 Å². The Kier molecular flexibility index (Phi) is 7.40. The first-order valence-corrected chi connectivity index (χ1v) is 12.1. The lowest BCUT2D eigenvalue weighted by atomic mass is 9.93. The molecule has 3 nitrogen and oxygen atoms in total. The molecular formula is C26H42O3. The van der Waals surface area contributed by atoms with Crippen molar-refractivity contribution in [3.8, 4) is 17.2 Å². The van der Waals surface area contributed by atoms with Crippen LogP contribution in [0.15, 0.2) is 6.07 Å². The van der Waals surface area contributed by atoms with Crippen molar-refractivity contribution in [2.24, 2.45) is 10.8 Å². The van der Waals surface area contributed by atoms with Crippen LogP contribution in [0.2, 0.25) is 0 Å². The topological polar surface area (TPSA) is 60.7 Å². The first-order valence-electron chi connectivity index (χ1n) is 12.1. The van der Waals surface area contributed by atoms with Crippen LogP contribution in [0.25, 0.3) is 0 Å². The minimum Gasteiger partial charge on any atom is -0.504 e. The molecule has 0 amide bonds. The molecule has 2 aliphatic carbocycles. The van der Waals surface area contributed by atoms with E-state index in [-0.39, 0.29) is 17.2 Å². The summed E-state index contributed by atoms with van der Waals surface area (Å²) in [6.07, 6.45) is 19.6. The van der Waals surface area contributed by atoms with E-state index in [0.29, 0.717) is 10.8 Å². The van der Waals surface area contributed by atoms with Crippen molar-refractivity contribution in [1.29, 1.82) is 0 Å². The van der Waals surface area contributed by atoms with Crippen LogP contribution in [-0.2, 0) is 12.8 Å². The number of phenols is 3. The lowest BCUT2D eigenvalue weighted by Gasteiger charge is -2.15. The van der Waals surface area contributed by atoms with Crippen molar-refractivity contribution >= 4 is 0 Å². The Morgan fingerprint density at radius 1 is 0.759 bits per heavy atom. The molecule has 2 aliphatic rings.